The van der Waals surface area contributed by atoms with Gasteiger partial charge < -0.3 is 4.74 Å². The van der Waals surface area contributed by atoms with Crippen LogP contribution in [0.3, 0.4) is 0 Å². The first-order valence-corrected chi connectivity index (χ1v) is 11.1. The normalized spacial score (nSPS) is 12.0. The van der Waals surface area contributed by atoms with Gasteiger partial charge in [0.15, 0.2) is 0 Å². The highest BCUT2D eigenvalue weighted by atomic mass is 32.1. The van der Waals surface area contributed by atoms with Gasteiger partial charge in [-0.05, 0) is 66.9 Å². The van der Waals surface area contributed by atoms with Crippen molar-refractivity contribution in [2.24, 2.45) is 5.41 Å². The van der Waals surface area contributed by atoms with Crippen LogP contribution in [0.4, 0.5) is 0 Å². The van der Waals surface area contributed by atoms with Crippen molar-refractivity contribution in [1.82, 2.24) is 4.90 Å². The van der Waals surface area contributed by atoms with Gasteiger partial charge in [-0.1, -0.05) is 61.3 Å². The molecule has 0 aliphatic carbocycles. The Morgan fingerprint density at radius 3 is 2.69 bits per heavy atom. The van der Waals surface area contributed by atoms with Crippen LogP contribution < -0.4 is 0 Å². The molecule has 0 spiro atoms. The predicted octanol–water partition coefficient (Wildman–Crippen LogP) is 6.41. The molecule has 1 aromatic carbocycles. The molecule has 1 heterocycles. The van der Waals surface area contributed by atoms with Crippen LogP contribution in [0.15, 0.2) is 59.3 Å². The highest BCUT2D eigenvalue weighted by Crippen LogP contribution is 2.11. The summed E-state index contributed by atoms with van der Waals surface area (Å²) in [5.74, 6) is 6.38. The molecule has 29 heavy (non-hydrogen) atoms. The summed E-state index contributed by atoms with van der Waals surface area (Å²) < 4.78 is 5.80. The summed E-state index contributed by atoms with van der Waals surface area (Å²) in [7, 11) is 0. The van der Waals surface area contributed by atoms with E-state index >= 15 is 0 Å². The average molecular weight is 408 g/mol. The second-order valence-electron chi connectivity index (χ2n) is 8.04. The number of nitrogens with zero attached hydrogens (tertiary/aromatic N) is 1. The maximum Gasteiger partial charge on any atom is 0.0721 e. The van der Waals surface area contributed by atoms with E-state index in [0.717, 1.165) is 19.6 Å². The number of hydrogen-bond donors (Lipinski definition) is 0. The summed E-state index contributed by atoms with van der Waals surface area (Å²) in [6.45, 7) is 12.7. The Morgan fingerprint density at radius 2 is 1.97 bits per heavy atom. The largest absolute Gasteiger partial charge is 0.373 e. The monoisotopic (exact) mass is 407 g/mol. The second-order valence-corrected chi connectivity index (χ2v) is 8.82. The lowest BCUT2D eigenvalue weighted by Gasteiger charge is -2.18. The van der Waals surface area contributed by atoms with E-state index in [0.29, 0.717) is 13.2 Å². The molecule has 0 saturated heterocycles. The standard InChI is InChI=1S/C26H33NOS/c1-5-27(16-8-6-7-15-26(2,3)4)20-24-11-9-12-25(19-24)21-28-17-10-13-23-14-18-29-22-23/h6,8-14,18-19,22H,5,16-17,20-21H2,1-4H3/b8-6+,13-10+. The summed E-state index contributed by atoms with van der Waals surface area (Å²) in [5.41, 5.74) is 3.82. The number of thiophene rings is 1. The van der Waals surface area contributed by atoms with E-state index in [4.69, 9.17) is 4.74 Å². The van der Waals surface area contributed by atoms with Gasteiger partial charge in [0.05, 0.1) is 13.2 Å². The molecule has 0 amide bonds. The van der Waals surface area contributed by atoms with E-state index < -0.39 is 0 Å². The van der Waals surface area contributed by atoms with Crippen molar-refractivity contribution < 1.29 is 4.74 Å². The minimum atomic E-state index is 0.0526. The number of allylic oxidation sites excluding steroid dienone is 1. The van der Waals surface area contributed by atoms with Crippen LogP contribution in [0.5, 0.6) is 0 Å². The van der Waals surface area contributed by atoms with Crippen molar-refractivity contribution in [1.29, 1.82) is 0 Å². The Balaban J connectivity index is 1.79. The van der Waals surface area contributed by atoms with Crippen molar-refractivity contribution in [3.05, 3.63) is 76.0 Å². The van der Waals surface area contributed by atoms with Crippen molar-refractivity contribution in [3.8, 4) is 11.8 Å². The van der Waals surface area contributed by atoms with Gasteiger partial charge in [-0.15, -0.1) is 0 Å². The number of rotatable bonds is 10. The third-order valence-electron chi connectivity index (χ3n) is 4.19. The van der Waals surface area contributed by atoms with E-state index in [9.17, 15) is 0 Å². The van der Waals surface area contributed by atoms with E-state index in [2.05, 4.69) is 104 Å². The van der Waals surface area contributed by atoms with E-state index in [1.54, 1.807) is 11.3 Å². The molecule has 0 bridgehead atoms. The molecule has 0 N–H and O–H groups in total. The summed E-state index contributed by atoms with van der Waals surface area (Å²) in [6, 6.07) is 10.8. The lowest BCUT2D eigenvalue weighted by Crippen LogP contribution is -2.22. The molecule has 0 aliphatic rings. The molecule has 2 rings (SSSR count). The van der Waals surface area contributed by atoms with Crippen LogP contribution in [-0.2, 0) is 17.9 Å². The van der Waals surface area contributed by atoms with Crippen LogP contribution in [0, 0.1) is 17.3 Å². The highest BCUT2D eigenvalue weighted by molar-refractivity contribution is 7.08. The first-order valence-electron chi connectivity index (χ1n) is 10.2. The SMILES string of the molecule is CCN(C/C=C/C#CC(C)(C)C)Cc1cccc(COC/C=C/c2ccsc2)c1. The number of benzene rings is 1. The zero-order valence-corrected chi connectivity index (χ0v) is 19.0. The molecule has 0 saturated carbocycles. The van der Waals surface area contributed by atoms with Gasteiger partial charge in [-0.25, -0.2) is 0 Å². The third kappa shape index (κ3) is 10.3. The number of hydrogen-bond acceptors (Lipinski definition) is 3. The Labute approximate surface area is 180 Å². The summed E-state index contributed by atoms with van der Waals surface area (Å²) in [5, 5.41) is 4.21. The molecule has 0 atom stereocenters. The first-order chi connectivity index (χ1) is 14.0. The zero-order chi connectivity index (χ0) is 21.0. The molecule has 1 aromatic heterocycles. The molecule has 0 unspecified atom stereocenters. The molecule has 0 radical (unpaired) electrons. The smallest absolute Gasteiger partial charge is 0.0721 e. The fourth-order valence-corrected chi connectivity index (χ4v) is 3.33. The minimum Gasteiger partial charge on any atom is -0.373 e. The average Bonchev–Trinajstić information content (AvgIpc) is 3.19. The van der Waals surface area contributed by atoms with Crippen LogP contribution in [0.25, 0.3) is 6.08 Å². The van der Waals surface area contributed by atoms with Gasteiger partial charge >= 0.3 is 0 Å². The van der Waals surface area contributed by atoms with Crippen molar-refractivity contribution in [2.75, 3.05) is 19.7 Å². The van der Waals surface area contributed by atoms with Crippen LogP contribution in [0.2, 0.25) is 0 Å². The molecule has 0 aliphatic heterocycles. The summed E-state index contributed by atoms with van der Waals surface area (Å²) >= 11 is 1.71. The molecule has 3 heteroatoms. The maximum absolute atomic E-state index is 5.80. The van der Waals surface area contributed by atoms with Crippen molar-refractivity contribution >= 4 is 17.4 Å². The fourth-order valence-electron chi connectivity index (χ4n) is 2.70. The molecule has 154 valence electrons. The van der Waals surface area contributed by atoms with Crippen LogP contribution in [0.1, 0.15) is 44.4 Å². The predicted molar refractivity (Wildman–Crippen MR) is 127 cm³/mol. The van der Waals surface area contributed by atoms with Crippen LogP contribution in [-0.4, -0.2) is 24.6 Å². The Kier molecular flexibility index (Phi) is 9.94. The second kappa shape index (κ2) is 12.4. The topological polar surface area (TPSA) is 12.5 Å². The Bertz CT molecular complexity index is 832. The van der Waals surface area contributed by atoms with Gasteiger partial charge in [-0.2, -0.15) is 11.3 Å². The van der Waals surface area contributed by atoms with Gasteiger partial charge in [0.25, 0.3) is 0 Å². The Morgan fingerprint density at radius 1 is 1.14 bits per heavy atom. The molecule has 2 nitrogen and oxygen atoms in total. The minimum absolute atomic E-state index is 0.0526. The lowest BCUT2D eigenvalue weighted by molar-refractivity contribution is 0.149. The number of ether oxygens (including phenoxy) is 1. The van der Waals surface area contributed by atoms with E-state index in [-0.39, 0.29) is 5.41 Å². The van der Waals surface area contributed by atoms with Crippen LogP contribution >= 0.6 is 11.3 Å². The van der Waals surface area contributed by atoms with Crippen molar-refractivity contribution in [2.45, 2.75) is 40.8 Å². The van der Waals surface area contributed by atoms with E-state index in [1.807, 2.05) is 6.08 Å². The van der Waals surface area contributed by atoms with E-state index in [1.165, 1.54) is 16.7 Å². The quantitative estimate of drug-likeness (QED) is 0.333. The van der Waals surface area contributed by atoms with Gasteiger partial charge in [0, 0.05) is 18.5 Å². The van der Waals surface area contributed by atoms with Crippen molar-refractivity contribution in [3.63, 3.8) is 0 Å². The molecular weight excluding hydrogens is 374 g/mol. The lowest BCUT2D eigenvalue weighted by atomic mass is 9.98. The number of likely N-dealkylation sites (N-methyl/N-ethyl adjacent to an activating group) is 1. The maximum atomic E-state index is 5.80. The molecular formula is C26H33NOS. The zero-order valence-electron chi connectivity index (χ0n) is 18.2. The summed E-state index contributed by atoms with van der Waals surface area (Å²) in [6.07, 6.45) is 8.29. The molecule has 2 aromatic rings. The highest BCUT2D eigenvalue weighted by Gasteiger charge is 2.04. The molecule has 0 fully saturated rings. The summed E-state index contributed by atoms with van der Waals surface area (Å²) in [4.78, 5) is 2.40. The fraction of sp³-hybridized carbons (Fsp3) is 0.385. The first kappa shape index (κ1) is 23.2. The van der Waals surface area contributed by atoms with Gasteiger partial charge in [0.2, 0.25) is 0 Å². The Hall–Kier alpha value is -2.12. The van der Waals surface area contributed by atoms with Gasteiger partial charge in [0.1, 0.15) is 0 Å². The van der Waals surface area contributed by atoms with Gasteiger partial charge in [-0.3, -0.25) is 4.90 Å². The third-order valence-corrected chi connectivity index (χ3v) is 4.89.